The Bertz CT molecular complexity index is 1290. The Morgan fingerprint density at radius 1 is 1.14 bits per heavy atom. The lowest BCUT2D eigenvalue weighted by atomic mass is 9.78. The van der Waals surface area contributed by atoms with E-state index in [9.17, 15) is 24.4 Å². The molecule has 0 radical (unpaired) electrons. The molecule has 1 aliphatic rings. The average Bonchev–Trinajstić information content (AvgIpc) is 2.88. The average molecular weight is 528 g/mol. The Hall–Kier alpha value is -3.81. The molecule has 2 amide bonds. The fourth-order valence-corrected chi connectivity index (χ4v) is 4.70. The summed E-state index contributed by atoms with van der Waals surface area (Å²) in [5.74, 6) is -4.86. The fourth-order valence-electron chi connectivity index (χ4n) is 3.68. The Morgan fingerprint density at radius 2 is 1.83 bits per heavy atom. The second kappa shape index (κ2) is 11.7. The number of hydrogen-bond donors (Lipinski definition) is 2. The molecule has 1 heterocycles. The third kappa shape index (κ3) is 5.87. The summed E-state index contributed by atoms with van der Waals surface area (Å²) in [7, 11) is 2.40. The van der Waals surface area contributed by atoms with E-state index in [1.165, 1.54) is 19.2 Å². The van der Waals surface area contributed by atoms with Gasteiger partial charge in [0.1, 0.15) is 5.92 Å². The molecule has 0 saturated carbocycles. The number of aryl methyl sites for hydroxylation is 1. The Balaban J connectivity index is 1.91. The van der Waals surface area contributed by atoms with Gasteiger partial charge in [-0.2, -0.15) is 5.26 Å². The van der Waals surface area contributed by atoms with Gasteiger partial charge in [0.05, 0.1) is 42.2 Å². The van der Waals surface area contributed by atoms with Gasteiger partial charge in [-0.25, -0.2) is 4.79 Å². The van der Waals surface area contributed by atoms with E-state index in [2.05, 4.69) is 16.7 Å². The number of allylic oxidation sites excluding steroid dienone is 1. The molecule has 0 saturated heterocycles. The quantitative estimate of drug-likeness (QED) is 0.412. The number of carbonyl (C=O) groups excluding carboxylic acids is 4. The summed E-state index contributed by atoms with van der Waals surface area (Å²) in [4.78, 5) is 49.8. The molecule has 0 unspecified atom stereocenters. The van der Waals surface area contributed by atoms with Gasteiger partial charge in [-0.1, -0.05) is 41.6 Å². The lowest BCUT2D eigenvalue weighted by Crippen LogP contribution is -2.44. The highest BCUT2D eigenvalue weighted by Crippen LogP contribution is 2.40. The second-order valence-corrected chi connectivity index (χ2v) is 9.15. The first-order chi connectivity index (χ1) is 17.2. The number of benzene rings is 2. The largest absolute Gasteiger partial charge is 0.468 e. The third-order valence-corrected chi connectivity index (χ3v) is 6.75. The van der Waals surface area contributed by atoms with E-state index in [1.807, 2.05) is 6.92 Å². The van der Waals surface area contributed by atoms with E-state index in [-0.39, 0.29) is 27.8 Å². The molecule has 3 rings (SSSR count). The monoisotopic (exact) mass is 527 g/mol. The molecule has 2 atom stereocenters. The maximum absolute atomic E-state index is 12.9. The predicted octanol–water partition coefficient (Wildman–Crippen LogP) is 3.54. The van der Waals surface area contributed by atoms with Crippen molar-refractivity contribution in [1.82, 2.24) is 5.32 Å². The van der Waals surface area contributed by atoms with Crippen molar-refractivity contribution in [3.8, 4) is 6.07 Å². The van der Waals surface area contributed by atoms with Crippen LogP contribution >= 0.6 is 23.4 Å². The SMILES string of the molecule is COC(=O)c1ccc([C@H]2C(C#N)=C(SCC(=O)Nc3cc(Cl)ccc3C)NC(=O)[C@H]2C(=O)OC)cc1. The molecule has 1 aliphatic heterocycles. The number of amides is 2. The summed E-state index contributed by atoms with van der Waals surface area (Å²) < 4.78 is 9.52. The molecule has 0 fully saturated rings. The molecular weight excluding hydrogens is 506 g/mol. The summed E-state index contributed by atoms with van der Waals surface area (Å²) in [6.45, 7) is 1.82. The molecule has 9 nitrogen and oxygen atoms in total. The van der Waals surface area contributed by atoms with Crippen molar-refractivity contribution in [2.45, 2.75) is 12.8 Å². The van der Waals surface area contributed by atoms with Crippen molar-refractivity contribution in [1.29, 1.82) is 5.26 Å². The molecule has 186 valence electrons. The zero-order chi connectivity index (χ0) is 26.4. The third-order valence-electron chi connectivity index (χ3n) is 5.50. The minimum Gasteiger partial charge on any atom is -0.468 e. The fraction of sp³-hybridized carbons (Fsp3) is 0.240. The lowest BCUT2D eigenvalue weighted by Gasteiger charge is -2.31. The number of thioether (sulfide) groups is 1. The van der Waals surface area contributed by atoms with Crippen LogP contribution < -0.4 is 10.6 Å². The van der Waals surface area contributed by atoms with Gasteiger partial charge in [0.25, 0.3) is 0 Å². The molecule has 2 aromatic carbocycles. The highest BCUT2D eigenvalue weighted by Gasteiger charge is 2.44. The summed E-state index contributed by atoms with van der Waals surface area (Å²) in [5.41, 5.74) is 2.16. The van der Waals surface area contributed by atoms with Crippen molar-refractivity contribution in [3.63, 3.8) is 0 Å². The number of nitrogens with zero attached hydrogens (tertiary/aromatic N) is 1. The number of methoxy groups -OCH3 is 2. The zero-order valence-electron chi connectivity index (χ0n) is 19.6. The minimum absolute atomic E-state index is 0.0903. The molecular formula is C25H22ClN3O6S. The first kappa shape index (κ1) is 26.8. The molecule has 0 bridgehead atoms. The van der Waals surface area contributed by atoms with E-state index in [1.54, 1.807) is 30.3 Å². The van der Waals surface area contributed by atoms with Gasteiger partial charge >= 0.3 is 11.9 Å². The van der Waals surface area contributed by atoms with E-state index >= 15 is 0 Å². The molecule has 0 aromatic heterocycles. The maximum atomic E-state index is 12.9. The van der Waals surface area contributed by atoms with Crippen LogP contribution in [0.1, 0.15) is 27.4 Å². The van der Waals surface area contributed by atoms with Crippen molar-refractivity contribution in [2.24, 2.45) is 5.92 Å². The minimum atomic E-state index is -1.33. The van der Waals surface area contributed by atoms with Crippen molar-refractivity contribution in [2.75, 3.05) is 25.3 Å². The van der Waals surface area contributed by atoms with Gasteiger partial charge in [0, 0.05) is 16.6 Å². The molecule has 0 spiro atoms. The predicted molar refractivity (Wildman–Crippen MR) is 134 cm³/mol. The first-order valence-electron chi connectivity index (χ1n) is 10.6. The number of hydrogen-bond acceptors (Lipinski definition) is 8. The lowest BCUT2D eigenvalue weighted by molar-refractivity contribution is -0.150. The standard InChI is InChI=1S/C25H22ClN3O6S/c1-13-4-9-16(26)10-18(13)28-19(30)12-36-23-17(11-27)20(21(22(31)29-23)25(33)35-3)14-5-7-15(8-6-14)24(32)34-2/h4-10,20-21H,12H2,1-3H3,(H,28,30)(H,29,31)/t20-,21-/m0/s1. The van der Waals surface area contributed by atoms with Crippen LogP contribution in [0.5, 0.6) is 0 Å². The highest BCUT2D eigenvalue weighted by atomic mass is 35.5. The second-order valence-electron chi connectivity index (χ2n) is 7.73. The van der Waals surface area contributed by atoms with Crippen LogP contribution in [0, 0.1) is 24.2 Å². The van der Waals surface area contributed by atoms with E-state index in [0.717, 1.165) is 24.4 Å². The Labute approximate surface area is 216 Å². The van der Waals surface area contributed by atoms with Gasteiger partial charge < -0.3 is 20.1 Å². The summed E-state index contributed by atoms with van der Waals surface area (Å²) in [6.07, 6.45) is 0. The smallest absolute Gasteiger partial charge is 0.337 e. The first-order valence-corrected chi connectivity index (χ1v) is 12.0. The van der Waals surface area contributed by atoms with Crippen molar-refractivity contribution < 1.29 is 28.7 Å². The number of nitrogens with one attached hydrogen (secondary N) is 2. The summed E-state index contributed by atoms with van der Waals surface area (Å²) in [6, 6.07) is 13.2. The normalized spacial score (nSPS) is 17.0. The van der Waals surface area contributed by atoms with Gasteiger partial charge in [-0.15, -0.1) is 0 Å². The number of ether oxygens (including phenoxy) is 2. The van der Waals surface area contributed by atoms with Crippen LogP contribution in [0.2, 0.25) is 5.02 Å². The number of carbonyl (C=O) groups is 4. The van der Waals surface area contributed by atoms with Crippen molar-refractivity contribution >= 4 is 52.8 Å². The maximum Gasteiger partial charge on any atom is 0.337 e. The van der Waals surface area contributed by atoms with Crippen LogP contribution in [0.25, 0.3) is 0 Å². The van der Waals surface area contributed by atoms with Crippen LogP contribution in [0.15, 0.2) is 53.1 Å². The Kier molecular flexibility index (Phi) is 8.74. The van der Waals surface area contributed by atoms with Gasteiger partial charge in [0.2, 0.25) is 11.8 Å². The van der Waals surface area contributed by atoms with Crippen molar-refractivity contribution in [3.05, 3.63) is 74.8 Å². The zero-order valence-corrected chi connectivity index (χ0v) is 21.2. The van der Waals surface area contributed by atoms with Crippen LogP contribution in [0.3, 0.4) is 0 Å². The number of esters is 2. The summed E-state index contributed by atoms with van der Waals surface area (Å²) >= 11 is 6.96. The van der Waals surface area contributed by atoms with E-state index in [0.29, 0.717) is 16.3 Å². The van der Waals surface area contributed by atoms with Gasteiger partial charge in [-0.05, 0) is 42.3 Å². The number of halogens is 1. The van der Waals surface area contributed by atoms with Crippen LogP contribution in [-0.2, 0) is 23.9 Å². The van der Waals surface area contributed by atoms with E-state index in [4.69, 9.17) is 21.1 Å². The molecule has 2 N–H and O–H groups in total. The van der Waals surface area contributed by atoms with Gasteiger partial charge in [-0.3, -0.25) is 14.4 Å². The van der Waals surface area contributed by atoms with Crippen LogP contribution in [-0.4, -0.2) is 43.7 Å². The topological polar surface area (TPSA) is 135 Å². The Morgan fingerprint density at radius 3 is 2.44 bits per heavy atom. The number of rotatable bonds is 7. The van der Waals surface area contributed by atoms with Gasteiger partial charge in [0.15, 0.2) is 0 Å². The molecule has 11 heteroatoms. The summed E-state index contributed by atoms with van der Waals surface area (Å²) in [5, 5.41) is 15.9. The molecule has 0 aliphatic carbocycles. The van der Waals surface area contributed by atoms with Crippen LogP contribution in [0.4, 0.5) is 5.69 Å². The van der Waals surface area contributed by atoms with E-state index < -0.39 is 29.7 Å². The number of anilines is 1. The highest BCUT2D eigenvalue weighted by molar-refractivity contribution is 8.03. The molecule has 2 aromatic rings. The molecule has 36 heavy (non-hydrogen) atoms. The number of nitriles is 1.